The Hall–Kier alpha value is -2.41. The van der Waals surface area contributed by atoms with Gasteiger partial charge in [-0.15, -0.1) is 11.8 Å². The number of carbonyl (C=O) groups excluding carboxylic acids is 2. The fourth-order valence-corrected chi connectivity index (χ4v) is 5.28. The summed E-state index contributed by atoms with van der Waals surface area (Å²) in [5.41, 5.74) is 1.92. The van der Waals surface area contributed by atoms with Gasteiger partial charge in [0.1, 0.15) is 0 Å². The number of aryl methyl sites for hydroxylation is 1. The number of thioether (sulfide) groups is 1. The van der Waals surface area contributed by atoms with Crippen LogP contribution in [0.3, 0.4) is 0 Å². The van der Waals surface area contributed by atoms with Gasteiger partial charge in [-0.05, 0) is 49.6 Å². The molecule has 2 aromatic rings. The van der Waals surface area contributed by atoms with Gasteiger partial charge in [0.2, 0.25) is 0 Å². The molecular weight excluding hydrogens is 362 g/mol. The summed E-state index contributed by atoms with van der Waals surface area (Å²) in [5.74, 6) is 1.25. The Kier molecular flexibility index (Phi) is 4.86. The van der Waals surface area contributed by atoms with E-state index in [2.05, 4.69) is 5.32 Å². The first kappa shape index (κ1) is 18.0. The van der Waals surface area contributed by atoms with Crippen molar-refractivity contribution in [2.45, 2.75) is 24.6 Å². The molecule has 2 aliphatic heterocycles. The van der Waals surface area contributed by atoms with E-state index in [0.29, 0.717) is 18.8 Å². The van der Waals surface area contributed by atoms with Crippen molar-refractivity contribution in [3.05, 3.63) is 54.0 Å². The fourth-order valence-electron chi connectivity index (χ4n) is 3.83. The van der Waals surface area contributed by atoms with E-state index in [4.69, 9.17) is 4.42 Å². The maximum Gasteiger partial charge on any atom is 0.321 e. The van der Waals surface area contributed by atoms with Crippen LogP contribution in [0.2, 0.25) is 0 Å². The van der Waals surface area contributed by atoms with Crippen LogP contribution >= 0.6 is 11.8 Å². The summed E-state index contributed by atoms with van der Waals surface area (Å²) >= 11 is 1.82. The molecule has 2 fully saturated rings. The number of anilines is 1. The van der Waals surface area contributed by atoms with E-state index in [1.807, 2.05) is 52.8 Å². The number of nitrogens with zero attached hydrogens (tertiary/aromatic N) is 2. The minimum atomic E-state index is -0.232. The highest BCUT2D eigenvalue weighted by Gasteiger charge is 2.47. The third kappa shape index (κ3) is 3.56. The Bertz CT molecular complexity index is 829. The van der Waals surface area contributed by atoms with E-state index < -0.39 is 0 Å². The van der Waals surface area contributed by atoms with E-state index >= 15 is 0 Å². The summed E-state index contributed by atoms with van der Waals surface area (Å²) < 4.78 is 5.30. The van der Waals surface area contributed by atoms with Crippen molar-refractivity contribution in [2.24, 2.45) is 0 Å². The molecule has 2 aliphatic rings. The van der Waals surface area contributed by atoms with Crippen molar-refractivity contribution in [3.63, 3.8) is 0 Å². The van der Waals surface area contributed by atoms with Gasteiger partial charge in [0.25, 0.3) is 5.91 Å². The maximum absolute atomic E-state index is 12.8. The van der Waals surface area contributed by atoms with Crippen LogP contribution in [0.25, 0.3) is 0 Å². The first-order valence-corrected chi connectivity index (χ1v) is 10.2. The zero-order valence-electron chi connectivity index (χ0n) is 15.3. The smallest absolute Gasteiger partial charge is 0.321 e. The molecule has 1 N–H and O–H groups in total. The molecule has 0 atom stereocenters. The number of rotatable bonds is 2. The Labute approximate surface area is 162 Å². The molecule has 27 heavy (non-hydrogen) atoms. The largest absolute Gasteiger partial charge is 0.459 e. The molecule has 0 radical (unpaired) electrons. The van der Waals surface area contributed by atoms with Gasteiger partial charge in [-0.2, -0.15) is 0 Å². The zero-order chi connectivity index (χ0) is 18.9. The molecule has 3 amide bonds. The molecule has 6 nitrogen and oxygen atoms in total. The number of carbonyl (C=O) groups is 2. The average molecular weight is 385 g/mol. The highest BCUT2D eigenvalue weighted by Crippen LogP contribution is 2.44. The molecule has 4 rings (SSSR count). The number of piperidine rings is 1. The molecule has 3 heterocycles. The van der Waals surface area contributed by atoms with E-state index in [1.54, 1.807) is 12.1 Å². The van der Waals surface area contributed by atoms with Crippen LogP contribution in [0, 0.1) is 6.92 Å². The van der Waals surface area contributed by atoms with Crippen LogP contribution in [0.1, 0.15) is 29.0 Å². The lowest BCUT2D eigenvalue weighted by molar-refractivity contribution is 0.0554. The Balaban J connectivity index is 1.40. The second-order valence-corrected chi connectivity index (χ2v) is 8.47. The van der Waals surface area contributed by atoms with Crippen LogP contribution in [0.5, 0.6) is 0 Å². The zero-order valence-corrected chi connectivity index (χ0v) is 16.1. The quantitative estimate of drug-likeness (QED) is 0.854. The number of nitrogens with one attached hydrogen (secondary N) is 1. The lowest BCUT2D eigenvalue weighted by Crippen LogP contribution is -2.54. The summed E-state index contributed by atoms with van der Waals surface area (Å²) in [6.45, 7) is 3.99. The molecule has 7 heteroatoms. The normalized spacial score (nSPS) is 18.7. The summed E-state index contributed by atoms with van der Waals surface area (Å²) in [4.78, 5) is 28.9. The summed E-state index contributed by atoms with van der Waals surface area (Å²) in [6, 6.07) is 11.2. The number of benzene rings is 1. The maximum atomic E-state index is 12.8. The van der Waals surface area contributed by atoms with Crippen LogP contribution in [-0.2, 0) is 0 Å². The average Bonchev–Trinajstić information content (AvgIpc) is 3.32. The van der Waals surface area contributed by atoms with Crippen molar-refractivity contribution >= 4 is 29.4 Å². The molecule has 2 saturated heterocycles. The number of hydrogen-bond donors (Lipinski definition) is 1. The highest BCUT2D eigenvalue weighted by molar-refractivity contribution is 8.00. The van der Waals surface area contributed by atoms with Gasteiger partial charge in [-0.3, -0.25) is 4.79 Å². The Morgan fingerprint density at radius 3 is 2.67 bits per heavy atom. The minimum absolute atomic E-state index is 0.0531. The van der Waals surface area contributed by atoms with Gasteiger partial charge in [0.15, 0.2) is 5.76 Å². The van der Waals surface area contributed by atoms with Crippen molar-refractivity contribution < 1.29 is 14.0 Å². The fraction of sp³-hybridized carbons (Fsp3) is 0.400. The highest BCUT2D eigenvalue weighted by atomic mass is 32.2. The minimum Gasteiger partial charge on any atom is -0.459 e. The first-order valence-electron chi connectivity index (χ1n) is 9.19. The van der Waals surface area contributed by atoms with Crippen molar-refractivity contribution in [1.82, 2.24) is 9.80 Å². The number of hydrogen-bond acceptors (Lipinski definition) is 4. The van der Waals surface area contributed by atoms with E-state index in [-0.39, 0.29) is 16.8 Å². The van der Waals surface area contributed by atoms with Gasteiger partial charge in [0.05, 0.1) is 11.1 Å². The lowest BCUT2D eigenvalue weighted by atomic mass is 10.0. The van der Waals surface area contributed by atoms with Gasteiger partial charge in [-0.1, -0.05) is 12.1 Å². The molecule has 0 bridgehead atoms. The topological polar surface area (TPSA) is 65.8 Å². The SMILES string of the molecule is Cc1cccc(NC(=O)N2CCC3(CC2)SCCN3C(=O)c2ccco2)c1. The summed E-state index contributed by atoms with van der Waals surface area (Å²) in [6.07, 6.45) is 3.07. The van der Waals surface area contributed by atoms with E-state index in [9.17, 15) is 9.59 Å². The van der Waals surface area contributed by atoms with Gasteiger partial charge in [0, 0.05) is 31.1 Å². The second kappa shape index (κ2) is 7.31. The summed E-state index contributed by atoms with van der Waals surface area (Å²) in [7, 11) is 0. The predicted molar refractivity (Wildman–Crippen MR) is 106 cm³/mol. The molecule has 0 saturated carbocycles. The Morgan fingerprint density at radius 1 is 1.15 bits per heavy atom. The standard InChI is InChI=1S/C20H23N3O3S/c1-15-4-2-5-16(14-15)21-19(25)22-9-7-20(8-10-22)23(11-13-27-20)18(24)17-6-3-12-26-17/h2-6,12,14H,7-11,13H2,1H3,(H,21,25). The van der Waals surface area contributed by atoms with Crippen LogP contribution in [-0.4, -0.2) is 52.0 Å². The lowest BCUT2D eigenvalue weighted by Gasteiger charge is -2.43. The van der Waals surface area contributed by atoms with Crippen LogP contribution < -0.4 is 5.32 Å². The molecule has 1 spiro atoms. The predicted octanol–water partition coefficient (Wildman–Crippen LogP) is 3.80. The molecule has 1 aromatic carbocycles. The second-order valence-electron chi connectivity index (χ2n) is 7.02. The molecule has 0 aliphatic carbocycles. The molecular formula is C20H23N3O3S. The monoisotopic (exact) mass is 385 g/mol. The molecule has 142 valence electrons. The van der Waals surface area contributed by atoms with Gasteiger partial charge in [-0.25, -0.2) is 4.79 Å². The van der Waals surface area contributed by atoms with Crippen molar-refractivity contribution in [3.8, 4) is 0 Å². The number of furan rings is 1. The van der Waals surface area contributed by atoms with Crippen molar-refractivity contribution in [1.29, 1.82) is 0 Å². The third-order valence-corrected chi connectivity index (χ3v) is 6.81. The van der Waals surface area contributed by atoms with E-state index in [0.717, 1.165) is 36.4 Å². The van der Waals surface area contributed by atoms with E-state index in [1.165, 1.54) is 6.26 Å². The third-order valence-electron chi connectivity index (χ3n) is 5.26. The van der Waals surface area contributed by atoms with Crippen LogP contribution in [0.15, 0.2) is 47.1 Å². The number of urea groups is 1. The summed E-state index contributed by atoms with van der Waals surface area (Å²) in [5, 5.41) is 2.97. The van der Waals surface area contributed by atoms with Crippen molar-refractivity contribution in [2.75, 3.05) is 30.7 Å². The molecule has 0 unspecified atom stereocenters. The van der Waals surface area contributed by atoms with Crippen LogP contribution in [0.4, 0.5) is 10.5 Å². The Morgan fingerprint density at radius 2 is 1.96 bits per heavy atom. The van der Waals surface area contributed by atoms with Gasteiger partial charge < -0.3 is 19.5 Å². The van der Waals surface area contributed by atoms with Gasteiger partial charge >= 0.3 is 6.03 Å². The molecule has 1 aromatic heterocycles. The number of likely N-dealkylation sites (tertiary alicyclic amines) is 1. The number of amides is 3. The first-order chi connectivity index (χ1) is 13.1.